The van der Waals surface area contributed by atoms with Crippen molar-refractivity contribution in [3.05, 3.63) is 29.6 Å². The molecule has 1 aliphatic rings. The van der Waals surface area contributed by atoms with E-state index in [-0.39, 0.29) is 11.9 Å². The highest BCUT2D eigenvalue weighted by molar-refractivity contribution is 5.27. The number of phenols is 1. The van der Waals surface area contributed by atoms with Crippen LogP contribution in [0, 0.1) is 11.7 Å². The molecular formula is C14H20FNO2. The number of aromatic hydroxyl groups is 1. The fourth-order valence-electron chi connectivity index (χ4n) is 2.49. The summed E-state index contributed by atoms with van der Waals surface area (Å²) in [6.07, 6.45) is 4.03. The van der Waals surface area contributed by atoms with E-state index in [2.05, 4.69) is 5.32 Å². The van der Waals surface area contributed by atoms with E-state index in [9.17, 15) is 9.50 Å². The molecule has 1 aromatic carbocycles. The normalized spacial score (nSPS) is 24.1. The molecule has 0 radical (unpaired) electrons. The quantitative estimate of drug-likeness (QED) is 0.771. The predicted octanol–water partition coefficient (Wildman–Crippen LogP) is 2.17. The van der Waals surface area contributed by atoms with E-state index < -0.39 is 5.82 Å². The van der Waals surface area contributed by atoms with Gasteiger partial charge in [0.25, 0.3) is 0 Å². The summed E-state index contributed by atoms with van der Waals surface area (Å²) in [4.78, 5) is 0. The highest BCUT2D eigenvalue weighted by Gasteiger charge is 2.22. The Hall–Kier alpha value is -1.13. The third-order valence-electron chi connectivity index (χ3n) is 3.62. The van der Waals surface area contributed by atoms with E-state index in [1.54, 1.807) is 6.07 Å². The SMILES string of the molecule is Oc1ccc(CNCC2CCCCC2O)cc1F. The maximum Gasteiger partial charge on any atom is 0.165 e. The van der Waals surface area contributed by atoms with Gasteiger partial charge in [0.1, 0.15) is 0 Å². The van der Waals surface area contributed by atoms with Crippen LogP contribution in [0.25, 0.3) is 0 Å². The molecule has 2 unspecified atom stereocenters. The van der Waals surface area contributed by atoms with Crippen LogP contribution in [0.5, 0.6) is 5.75 Å². The molecule has 0 bridgehead atoms. The van der Waals surface area contributed by atoms with Gasteiger partial charge in [0.05, 0.1) is 6.10 Å². The lowest BCUT2D eigenvalue weighted by Gasteiger charge is -2.27. The standard InChI is InChI=1S/C14H20FNO2/c15-12-7-10(5-6-14(12)18)8-16-9-11-3-1-2-4-13(11)17/h5-7,11,13,16-18H,1-4,8-9H2. The summed E-state index contributed by atoms with van der Waals surface area (Å²) in [7, 11) is 0. The molecule has 0 aromatic heterocycles. The first-order chi connectivity index (χ1) is 8.66. The zero-order valence-corrected chi connectivity index (χ0v) is 10.4. The molecule has 2 atom stereocenters. The zero-order valence-electron chi connectivity index (χ0n) is 10.4. The van der Waals surface area contributed by atoms with Crippen molar-refractivity contribution in [1.29, 1.82) is 0 Å². The van der Waals surface area contributed by atoms with E-state index in [1.807, 2.05) is 0 Å². The molecule has 0 saturated heterocycles. The van der Waals surface area contributed by atoms with Crippen LogP contribution in [0.4, 0.5) is 4.39 Å². The van der Waals surface area contributed by atoms with Crippen molar-refractivity contribution < 1.29 is 14.6 Å². The van der Waals surface area contributed by atoms with Crippen LogP contribution < -0.4 is 5.32 Å². The van der Waals surface area contributed by atoms with Crippen molar-refractivity contribution in [2.75, 3.05) is 6.54 Å². The molecule has 1 fully saturated rings. The Morgan fingerprint density at radius 2 is 2.06 bits per heavy atom. The smallest absolute Gasteiger partial charge is 0.165 e. The third kappa shape index (κ3) is 3.43. The molecule has 1 aliphatic carbocycles. The summed E-state index contributed by atoms with van der Waals surface area (Å²) >= 11 is 0. The molecule has 100 valence electrons. The summed E-state index contributed by atoms with van der Waals surface area (Å²) < 4.78 is 13.1. The van der Waals surface area contributed by atoms with Crippen LogP contribution in [-0.2, 0) is 6.54 Å². The van der Waals surface area contributed by atoms with Gasteiger partial charge in [-0.1, -0.05) is 18.9 Å². The highest BCUT2D eigenvalue weighted by Crippen LogP contribution is 2.23. The number of aliphatic hydroxyl groups excluding tert-OH is 1. The van der Waals surface area contributed by atoms with Gasteiger partial charge in [0.2, 0.25) is 0 Å². The minimum absolute atomic E-state index is 0.206. The van der Waals surface area contributed by atoms with Gasteiger partial charge < -0.3 is 15.5 Å². The number of hydrogen-bond donors (Lipinski definition) is 3. The summed E-state index contributed by atoms with van der Waals surface area (Å²) in [5.41, 5.74) is 0.801. The minimum atomic E-state index is -0.591. The number of benzene rings is 1. The van der Waals surface area contributed by atoms with Crippen LogP contribution in [-0.4, -0.2) is 22.9 Å². The molecule has 0 spiro atoms. The lowest BCUT2D eigenvalue weighted by molar-refractivity contribution is 0.0695. The van der Waals surface area contributed by atoms with Crippen LogP contribution in [0.2, 0.25) is 0 Å². The number of nitrogens with one attached hydrogen (secondary N) is 1. The van der Waals surface area contributed by atoms with E-state index in [1.165, 1.54) is 18.6 Å². The fourth-order valence-corrected chi connectivity index (χ4v) is 2.49. The molecule has 4 heteroatoms. The van der Waals surface area contributed by atoms with Crippen LogP contribution in [0.15, 0.2) is 18.2 Å². The van der Waals surface area contributed by atoms with Crippen molar-refractivity contribution in [1.82, 2.24) is 5.32 Å². The summed E-state index contributed by atoms with van der Waals surface area (Å²) in [6.45, 7) is 1.31. The molecule has 1 saturated carbocycles. The maximum atomic E-state index is 13.1. The molecule has 2 rings (SSSR count). The first-order valence-corrected chi connectivity index (χ1v) is 6.53. The lowest BCUT2D eigenvalue weighted by Crippen LogP contribution is -2.33. The molecule has 0 heterocycles. The Morgan fingerprint density at radius 1 is 1.28 bits per heavy atom. The monoisotopic (exact) mass is 253 g/mol. The molecule has 0 aliphatic heterocycles. The van der Waals surface area contributed by atoms with Gasteiger partial charge in [-0.05, 0) is 36.5 Å². The number of halogens is 1. The number of phenolic OH excluding ortho intramolecular Hbond substituents is 1. The second kappa shape index (κ2) is 6.16. The first-order valence-electron chi connectivity index (χ1n) is 6.53. The van der Waals surface area contributed by atoms with E-state index in [0.717, 1.165) is 31.4 Å². The fraction of sp³-hybridized carbons (Fsp3) is 0.571. The van der Waals surface area contributed by atoms with Crippen LogP contribution in [0.1, 0.15) is 31.2 Å². The highest BCUT2D eigenvalue weighted by atomic mass is 19.1. The van der Waals surface area contributed by atoms with Crippen LogP contribution >= 0.6 is 0 Å². The van der Waals surface area contributed by atoms with Gasteiger partial charge in [-0.3, -0.25) is 0 Å². The van der Waals surface area contributed by atoms with Crippen molar-refractivity contribution in [3.8, 4) is 5.75 Å². The molecule has 3 N–H and O–H groups in total. The summed E-state index contributed by atoms with van der Waals surface area (Å²) in [6, 6.07) is 4.39. The van der Waals surface area contributed by atoms with Gasteiger partial charge in [-0.25, -0.2) is 4.39 Å². The number of rotatable bonds is 4. The Labute approximate surface area is 107 Å². The largest absolute Gasteiger partial charge is 0.505 e. The van der Waals surface area contributed by atoms with Crippen molar-refractivity contribution in [3.63, 3.8) is 0 Å². The second-order valence-electron chi connectivity index (χ2n) is 5.03. The molecule has 1 aromatic rings. The lowest BCUT2D eigenvalue weighted by atomic mass is 9.86. The van der Waals surface area contributed by atoms with E-state index >= 15 is 0 Å². The Bertz CT molecular complexity index is 397. The maximum absolute atomic E-state index is 13.1. The van der Waals surface area contributed by atoms with Crippen LogP contribution in [0.3, 0.4) is 0 Å². The minimum Gasteiger partial charge on any atom is -0.505 e. The van der Waals surface area contributed by atoms with Gasteiger partial charge in [0, 0.05) is 13.1 Å². The van der Waals surface area contributed by atoms with Crippen molar-refractivity contribution in [2.24, 2.45) is 5.92 Å². The summed E-state index contributed by atoms with van der Waals surface area (Å²) in [5, 5.41) is 22.1. The van der Waals surface area contributed by atoms with Gasteiger partial charge in [0.15, 0.2) is 11.6 Å². The number of hydrogen-bond acceptors (Lipinski definition) is 3. The van der Waals surface area contributed by atoms with Gasteiger partial charge in [-0.15, -0.1) is 0 Å². The third-order valence-corrected chi connectivity index (χ3v) is 3.62. The topological polar surface area (TPSA) is 52.5 Å². The first kappa shape index (κ1) is 13.3. The average molecular weight is 253 g/mol. The predicted molar refractivity (Wildman–Crippen MR) is 67.7 cm³/mol. The molecule has 3 nitrogen and oxygen atoms in total. The Kier molecular flexibility index (Phi) is 4.55. The molecule has 0 amide bonds. The Balaban J connectivity index is 1.79. The zero-order chi connectivity index (χ0) is 13.0. The molecular weight excluding hydrogens is 233 g/mol. The van der Waals surface area contributed by atoms with Gasteiger partial charge >= 0.3 is 0 Å². The Morgan fingerprint density at radius 3 is 2.78 bits per heavy atom. The molecule has 18 heavy (non-hydrogen) atoms. The van der Waals surface area contributed by atoms with E-state index in [4.69, 9.17) is 5.11 Å². The van der Waals surface area contributed by atoms with Crippen molar-refractivity contribution in [2.45, 2.75) is 38.3 Å². The van der Waals surface area contributed by atoms with E-state index in [0.29, 0.717) is 12.5 Å². The summed E-state index contributed by atoms with van der Waals surface area (Å²) in [5.74, 6) is -0.603. The van der Waals surface area contributed by atoms with Crippen molar-refractivity contribution >= 4 is 0 Å². The second-order valence-corrected chi connectivity index (χ2v) is 5.03. The average Bonchev–Trinajstić information content (AvgIpc) is 2.36. The number of aliphatic hydroxyl groups is 1. The van der Waals surface area contributed by atoms with Gasteiger partial charge in [-0.2, -0.15) is 0 Å².